The first-order valence-electron chi connectivity index (χ1n) is 10.2. The third-order valence-corrected chi connectivity index (χ3v) is 5.50. The molecule has 5 heteroatoms. The van der Waals surface area contributed by atoms with Crippen molar-refractivity contribution >= 4 is 17.4 Å². The molecule has 0 saturated carbocycles. The second-order valence-corrected chi connectivity index (χ2v) is 7.93. The van der Waals surface area contributed by atoms with Gasteiger partial charge in [-0.3, -0.25) is 9.59 Å². The number of carbonyl (C=O) groups excluding carboxylic acids is 2. The number of Topliss-reactive ketones (excluding diaryl/α,β-unsaturated/α-hetero) is 1. The summed E-state index contributed by atoms with van der Waals surface area (Å²) in [6, 6.07) is 13.7. The lowest BCUT2D eigenvalue weighted by Gasteiger charge is -2.36. The molecule has 5 nitrogen and oxygen atoms in total. The molecule has 0 atom stereocenters. The molecule has 0 aromatic heterocycles. The number of ether oxygens (including phenoxy) is 1. The number of carbonyl (C=O) groups is 2. The number of aryl methyl sites for hydroxylation is 1. The number of benzene rings is 2. The number of anilines is 1. The average molecular weight is 395 g/mol. The number of nitrogens with zero attached hydrogens (tertiary/aromatic N) is 2. The lowest BCUT2D eigenvalue weighted by atomic mass is 9.98. The first-order valence-corrected chi connectivity index (χ1v) is 10.2. The number of rotatable bonds is 6. The molecular weight excluding hydrogens is 364 g/mol. The Labute approximate surface area is 173 Å². The molecule has 3 rings (SSSR count). The minimum atomic E-state index is 0.0159. The van der Waals surface area contributed by atoms with Crippen LogP contribution in [-0.2, 0) is 4.79 Å². The fraction of sp³-hybridized carbons (Fsp3) is 0.417. The number of hydrogen-bond donors (Lipinski definition) is 0. The van der Waals surface area contributed by atoms with Crippen LogP contribution in [0, 0.1) is 6.92 Å². The molecule has 0 bridgehead atoms. The minimum absolute atomic E-state index is 0.0159. The summed E-state index contributed by atoms with van der Waals surface area (Å²) >= 11 is 0. The van der Waals surface area contributed by atoms with Gasteiger partial charge in [0.1, 0.15) is 5.75 Å². The predicted molar refractivity (Wildman–Crippen MR) is 116 cm³/mol. The monoisotopic (exact) mass is 394 g/mol. The lowest BCUT2D eigenvalue weighted by molar-refractivity contribution is -0.133. The van der Waals surface area contributed by atoms with Crippen LogP contribution in [0.4, 0.5) is 5.69 Å². The van der Waals surface area contributed by atoms with Crippen LogP contribution in [0.2, 0.25) is 0 Å². The molecule has 0 unspecified atom stereocenters. The summed E-state index contributed by atoms with van der Waals surface area (Å²) in [5.41, 5.74) is 4.29. The first-order chi connectivity index (χ1) is 13.8. The summed E-state index contributed by atoms with van der Waals surface area (Å²) in [7, 11) is 0. The number of piperazine rings is 1. The van der Waals surface area contributed by atoms with Gasteiger partial charge in [-0.1, -0.05) is 19.9 Å². The molecule has 2 aromatic rings. The van der Waals surface area contributed by atoms with Crippen LogP contribution < -0.4 is 9.64 Å². The van der Waals surface area contributed by atoms with Crippen molar-refractivity contribution in [3.63, 3.8) is 0 Å². The van der Waals surface area contributed by atoms with Crippen LogP contribution in [0.25, 0.3) is 0 Å². The fourth-order valence-electron chi connectivity index (χ4n) is 3.74. The Morgan fingerprint density at radius 3 is 2.21 bits per heavy atom. The largest absolute Gasteiger partial charge is 0.484 e. The molecule has 1 amide bonds. The molecule has 1 heterocycles. The van der Waals surface area contributed by atoms with E-state index in [1.807, 2.05) is 41.3 Å². The second kappa shape index (κ2) is 9.12. The van der Waals surface area contributed by atoms with Crippen molar-refractivity contribution in [1.82, 2.24) is 4.90 Å². The second-order valence-electron chi connectivity index (χ2n) is 7.93. The highest BCUT2D eigenvalue weighted by Crippen LogP contribution is 2.23. The predicted octanol–water partition coefficient (Wildman–Crippen LogP) is 4.05. The average Bonchev–Trinajstić information content (AvgIpc) is 2.72. The molecule has 29 heavy (non-hydrogen) atoms. The maximum absolute atomic E-state index is 12.5. The molecule has 0 N–H and O–H groups in total. The van der Waals surface area contributed by atoms with E-state index in [1.165, 1.54) is 11.1 Å². The third-order valence-electron chi connectivity index (χ3n) is 5.50. The zero-order valence-corrected chi connectivity index (χ0v) is 17.8. The maximum Gasteiger partial charge on any atom is 0.260 e. The van der Waals surface area contributed by atoms with Gasteiger partial charge in [0, 0.05) is 37.4 Å². The highest BCUT2D eigenvalue weighted by Gasteiger charge is 2.21. The van der Waals surface area contributed by atoms with Crippen molar-refractivity contribution in [2.75, 3.05) is 37.7 Å². The van der Waals surface area contributed by atoms with E-state index in [0.29, 0.717) is 19.0 Å². The van der Waals surface area contributed by atoms with Crippen molar-refractivity contribution in [1.29, 1.82) is 0 Å². The molecule has 1 aliphatic heterocycles. The van der Waals surface area contributed by atoms with E-state index in [2.05, 4.69) is 31.7 Å². The quantitative estimate of drug-likeness (QED) is 0.694. The lowest BCUT2D eigenvalue weighted by Crippen LogP contribution is -2.50. The van der Waals surface area contributed by atoms with Crippen LogP contribution in [-0.4, -0.2) is 49.4 Å². The van der Waals surface area contributed by atoms with E-state index < -0.39 is 0 Å². The summed E-state index contributed by atoms with van der Waals surface area (Å²) in [5.74, 6) is 1.30. The van der Waals surface area contributed by atoms with Crippen LogP contribution >= 0.6 is 0 Å². The van der Waals surface area contributed by atoms with E-state index in [9.17, 15) is 9.59 Å². The Morgan fingerprint density at radius 2 is 1.66 bits per heavy atom. The molecular formula is C24H30N2O3. The van der Waals surface area contributed by atoms with Gasteiger partial charge in [-0.2, -0.15) is 0 Å². The van der Waals surface area contributed by atoms with E-state index in [-0.39, 0.29) is 18.3 Å². The van der Waals surface area contributed by atoms with Gasteiger partial charge in [-0.05, 0) is 67.3 Å². The molecule has 1 aliphatic rings. The normalized spacial score (nSPS) is 14.2. The zero-order valence-electron chi connectivity index (χ0n) is 17.8. The van der Waals surface area contributed by atoms with Crippen LogP contribution in [0.5, 0.6) is 5.75 Å². The number of amides is 1. The molecule has 2 aromatic carbocycles. The Balaban J connectivity index is 1.50. The van der Waals surface area contributed by atoms with Crippen LogP contribution in [0.15, 0.2) is 42.5 Å². The van der Waals surface area contributed by atoms with Crippen molar-refractivity contribution in [2.24, 2.45) is 0 Å². The van der Waals surface area contributed by atoms with Gasteiger partial charge >= 0.3 is 0 Å². The smallest absolute Gasteiger partial charge is 0.260 e. The van der Waals surface area contributed by atoms with Gasteiger partial charge < -0.3 is 14.5 Å². The SMILES string of the molecule is CC(=O)c1ccc(N2CCN(C(=O)COc3ccc(C(C)C)c(C)c3)CC2)cc1. The number of ketones is 1. The Hall–Kier alpha value is -2.82. The Morgan fingerprint density at radius 1 is 1.00 bits per heavy atom. The van der Waals surface area contributed by atoms with Crippen LogP contribution in [0.1, 0.15) is 48.2 Å². The van der Waals surface area contributed by atoms with E-state index in [4.69, 9.17) is 4.74 Å². The maximum atomic E-state index is 12.5. The Bertz CT molecular complexity index is 866. The first kappa shape index (κ1) is 20.9. The van der Waals surface area contributed by atoms with Gasteiger partial charge in [-0.25, -0.2) is 0 Å². The molecule has 154 valence electrons. The van der Waals surface area contributed by atoms with Crippen molar-refractivity contribution in [3.05, 3.63) is 59.2 Å². The van der Waals surface area contributed by atoms with Gasteiger partial charge in [0.2, 0.25) is 0 Å². The molecule has 0 spiro atoms. The Kier molecular flexibility index (Phi) is 6.57. The van der Waals surface area contributed by atoms with Crippen molar-refractivity contribution < 1.29 is 14.3 Å². The topological polar surface area (TPSA) is 49.9 Å². The van der Waals surface area contributed by atoms with Gasteiger partial charge in [-0.15, -0.1) is 0 Å². The summed E-state index contributed by atoms with van der Waals surface area (Å²) in [5, 5.41) is 0. The van der Waals surface area contributed by atoms with E-state index >= 15 is 0 Å². The highest BCUT2D eigenvalue weighted by atomic mass is 16.5. The zero-order chi connectivity index (χ0) is 21.0. The summed E-state index contributed by atoms with van der Waals surface area (Å²) in [6.07, 6.45) is 0. The molecule has 0 aliphatic carbocycles. The van der Waals surface area contributed by atoms with Crippen molar-refractivity contribution in [2.45, 2.75) is 33.6 Å². The molecule has 1 saturated heterocycles. The summed E-state index contributed by atoms with van der Waals surface area (Å²) in [4.78, 5) is 28.0. The van der Waals surface area contributed by atoms with E-state index in [1.54, 1.807) is 6.92 Å². The number of hydrogen-bond acceptors (Lipinski definition) is 4. The van der Waals surface area contributed by atoms with Gasteiger partial charge in [0.05, 0.1) is 0 Å². The fourth-order valence-corrected chi connectivity index (χ4v) is 3.74. The van der Waals surface area contributed by atoms with Gasteiger partial charge in [0.25, 0.3) is 5.91 Å². The molecule has 1 fully saturated rings. The highest BCUT2D eigenvalue weighted by molar-refractivity contribution is 5.94. The van der Waals surface area contributed by atoms with E-state index in [0.717, 1.165) is 30.1 Å². The summed E-state index contributed by atoms with van der Waals surface area (Å²) < 4.78 is 5.75. The minimum Gasteiger partial charge on any atom is -0.484 e. The van der Waals surface area contributed by atoms with Crippen LogP contribution in [0.3, 0.4) is 0 Å². The third kappa shape index (κ3) is 5.17. The summed E-state index contributed by atoms with van der Waals surface area (Å²) in [6.45, 7) is 10.9. The van der Waals surface area contributed by atoms with Gasteiger partial charge in [0.15, 0.2) is 12.4 Å². The van der Waals surface area contributed by atoms with Crippen molar-refractivity contribution in [3.8, 4) is 5.75 Å². The standard InChI is InChI=1S/C24H30N2O3/c1-17(2)23-10-9-22(15-18(23)3)29-16-24(28)26-13-11-25(12-14-26)21-7-5-20(6-8-21)19(4)27/h5-10,15,17H,11-14,16H2,1-4H3. The molecule has 0 radical (unpaired) electrons.